The number of anilines is 1. The van der Waals surface area contributed by atoms with Crippen LogP contribution in [0, 0.1) is 0 Å². The van der Waals surface area contributed by atoms with Gasteiger partial charge in [0.1, 0.15) is 12.1 Å². The minimum Gasteiger partial charge on any atom is -0.370 e. The van der Waals surface area contributed by atoms with Gasteiger partial charge in [0, 0.05) is 29.9 Å². The van der Waals surface area contributed by atoms with E-state index in [1.165, 1.54) is 0 Å². The second-order valence-electron chi connectivity index (χ2n) is 4.53. The minimum absolute atomic E-state index is 0.109. The Morgan fingerprint density at radius 3 is 3.05 bits per heavy atom. The van der Waals surface area contributed by atoms with Crippen LogP contribution in [-0.2, 0) is 11.3 Å². The molecule has 0 unspecified atom stereocenters. The van der Waals surface area contributed by atoms with Crippen LogP contribution in [0.1, 0.15) is 31.2 Å². The SMILES string of the molecule is CCNc1cc(-c2cnc3c(c2)[C@H](C)OC3)ncn1. The largest absolute Gasteiger partial charge is 0.370 e. The molecule has 0 saturated heterocycles. The lowest BCUT2D eigenvalue weighted by Crippen LogP contribution is -2.00. The lowest BCUT2D eigenvalue weighted by atomic mass is 10.1. The molecule has 5 nitrogen and oxygen atoms in total. The van der Waals surface area contributed by atoms with E-state index in [2.05, 4.69) is 26.3 Å². The molecule has 1 N–H and O–H groups in total. The quantitative estimate of drug-likeness (QED) is 0.914. The molecule has 98 valence electrons. The average Bonchev–Trinajstić information content (AvgIpc) is 2.81. The van der Waals surface area contributed by atoms with Crippen molar-refractivity contribution in [3.05, 3.63) is 35.9 Å². The van der Waals surface area contributed by atoms with Crippen molar-refractivity contribution >= 4 is 5.82 Å². The normalized spacial score (nSPS) is 17.3. The molecule has 2 aromatic rings. The highest BCUT2D eigenvalue weighted by atomic mass is 16.5. The molecular formula is C14H16N4O. The Bertz CT molecular complexity index is 600. The van der Waals surface area contributed by atoms with Crippen molar-refractivity contribution in [2.45, 2.75) is 26.6 Å². The molecule has 0 radical (unpaired) electrons. The number of pyridine rings is 1. The zero-order valence-corrected chi connectivity index (χ0v) is 11.1. The lowest BCUT2D eigenvalue weighted by Gasteiger charge is -2.07. The maximum Gasteiger partial charge on any atom is 0.129 e. The van der Waals surface area contributed by atoms with Crippen LogP contribution in [0.2, 0.25) is 0 Å². The third-order valence-corrected chi connectivity index (χ3v) is 3.23. The molecule has 0 fully saturated rings. The second-order valence-corrected chi connectivity index (χ2v) is 4.53. The highest BCUT2D eigenvalue weighted by Crippen LogP contribution is 2.31. The molecule has 1 aliphatic heterocycles. The Morgan fingerprint density at radius 1 is 1.32 bits per heavy atom. The van der Waals surface area contributed by atoms with Gasteiger partial charge in [-0.3, -0.25) is 4.98 Å². The Morgan fingerprint density at radius 2 is 2.21 bits per heavy atom. The van der Waals surface area contributed by atoms with Crippen LogP contribution in [0.4, 0.5) is 5.82 Å². The molecule has 3 heterocycles. The van der Waals surface area contributed by atoms with Crippen molar-refractivity contribution in [3.8, 4) is 11.3 Å². The zero-order chi connectivity index (χ0) is 13.2. The monoisotopic (exact) mass is 256 g/mol. The van der Waals surface area contributed by atoms with E-state index in [9.17, 15) is 0 Å². The highest BCUT2D eigenvalue weighted by Gasteiger charge is 2.21. The number of hydrogen-bond acceptors (Lipinski definition) is 5. The van der Waals surface area contributed by atoms with E-state index in [4.69, 9.17) is 4.74 Å². The Hall–Kier alpha value is -2.01. The van der Waals surface area contributed by atoms with Crippen LogP contribution in [-0.4, -0.2) is 21.5 Å². The number of fused-ring (bicyclic) bond motifs is 1. The van der Waals surface area contributed by atoms with Crippen molar-refractivity contribution < 1.29 is 4.74 Å². The number of rotatable bonds is 3. The number of nitrogens with zero attached hydrogens (tertiary/aromatic N) is 3. The predicted octanol–water partition coefficient (Wildman–Crippen LogP) is 2.56. The Labute approximate surface area is 112 Å². The molecule has 2 aromatic heterocycles. The predicted molar refractivity (Wildman–Crippen MR) is 72.6 cm³/mol. The van der Waals surface area contributed by atoms with Crippen molar-refractivity contribution in [2.24, 2.45) is 0 Å². The topological polar surface area (TPSA) is 59.9 Å². The highest BCUT2D eigenvalue weighted by molar-refractivity contribution is 5.62. The van der Waals surface area contributed by atoms with Crippen LogP contribution < -0.4 is 5.32 Å². The van der Waals surface area contributed by atoms with Crippen LogP contribution in [0.3, 0.4) is 0 Å². The molecule has 0 aromatic carbocycles. The van der Waals surface area contributed by atoms with Gasteiger partial charge in [-0.15, -0.1) is 0 Å². The van der Waals surface area contributed by atoms with E-state index in [1.54, 1.807) is 6.33 Å². The number of hydrogen-bond donors (Lipinski definition) is 1. The molecule has 5 heteroatoms. The van der Waals surface area contributed by atoms with E-state index in [0.717, 1.165) is 34.9 Å². The summed E-state index contributed by atoms with van der Waals surface area (Å²) >= 11 is 0. The van der Waals surface area contributed by atoms with Gasteiger partial charge >= 0.3 is 0 Å². The molecule has 19 heavy (non-hydrogen) atoms. The van der Waals surface area contributed by atoms with Crippen LogP contribution >= 0.6 is 0 Å². The van der Waals surface area contributed by atoms with E-state index in [-0.39, 0.29) is 6.10 Å². The summed E-state index contributed by atoms with van der Waals surface area (Å²) in [5.41, 5.74) is 4.05. The molecule has 0 spiro atoms. The fourth-order valence-electron chi connectivity index (χ4n) is 2.21. The van der Waals surface area contributed by atoms with Gasteiger partial charge in [0.05, 0.1) is 24.1 Å². The molecule has 0 bridgehead atoms. The van der Waals surface area contributed by atoms with Crippen molar-refractivity contribution in [2.75, 3.05) is 11.9 Å². The van der Waals surface area contributed by atoms with Crippen LogP contribution in [0.5, 0.6) is 0 Å². The van der Waals surface area contributed by atoms with Crippen molar-refractivity contribution in [3.63, 3.8) is 0 Å². The first-order valence-corrected chi connectivity index (χ1v) is 6.44. The second kappa shape index (κ2) is 4.93. The summed E-state index contributed by atoms with van der Waals surface area (Å²) in [7, 11) is 0. The third-order valence-electron chi connectivity index (χ3n) is 3.23. The summed E-state index contributed by atoms with van der Waals surface area (Å²) in [6, 6.07) is 4.05. The van der Waals surface area contributed by atoms with E-state index in [1.807, 2.05) is 26.1 Å². The molecule has 0 saturated carbocycles. The summed E-state index contributed by atoms with van der Waals surface area (Å²) < 4.78 is 5.57. The standard InChI is InChI=1S/C14H16N4O/c1-3-15-14-5-12(17-8-18-14)10-4-11-9(2)19-7-13(11)16-6-10/h4-6,8-9H,3,7H2,1-2H3,(H,15,17,18)/t9-/m0/s1. The number of nitrogens with one attached hydrogen (secondary N) is 1. The summed E-state index contributed by atoms with van der Waals surface area (Å²) in [5.74, 6) is 0.831. The number of aromatic nitrogens is 3. The fourth-order valence-corrected chi connectivity index (χ4v) is 2.21. The summed E-state index contributed by atoms with van der Waals surface area (Å²) in [6.07, 6.45) is 3.52. The first-order chi connectivity index (χ1) is 9.28. The third kappa shape index (κ3) is 2.29. The summed E-state index contributed by atoms with van der Waals surface area (Å²) in [5, 5.41) is 3.18. The lowest BCUT2D eigenvalue weighted by molar-refractivity contribution is 0.0787. The van der Waals surface area contributed by atoms with E-state index >= 15 is 0 Å². The van der Waals surface area contributed by atoms with Gasteiger partial charge in [-0.05, 0) is 19.9 Å². The van der Waals surface area contributed by atoms with Crippen molar-refractivity contribution in [1.82, 2.24) is 15.0 Å². The van der Waals surface area contributed by atoms with Gasteiger partial charge in [0.2, 0.25) is 0 Å². The maximum atomic E-state index is 5.57. The van der Waals surface area contributed by atoms with E-state index in [0.29, 0.717) is 6.61 Å². The molecule has 0 amide bonds. The molecule has 3 rings (SSSR count). The van der Waals surface area contributed by atoms with Crippen LogP contribution in [0.15, 0.2) is 24.7 Å². The van der Waals surface area contributed by atoms with Crippen molar-refractivity contribution in [1.29, 1.82) is 0 Å². The first-order valence-electron chi connectivity index (χ1n) is 6.44. The molecule has 0 aliphatic carbocycles. The van der Waals surface area contributed by atoms with Gasteiger partial charge in [0.15, 0.2) is 0 Å². The Balaban J connectivity index is 1.98. The van der Waals surface area contributed by atoms with Gasteiger partial charge in [0.25, 0.3) is 0 Å². The first kappa shape index (κ1) is 12.0. The zero-order valence-electron chi connectivity index (χ0n) is 11.1. The molecule has 1 aliphatic rings. The van der Waals surface area contributed by atoms with Gasteiger partial charge in [-0.2, -0.15) is 0 Å². The number of ether oxygens (including phenoxy) is 1. The summed E-state index contributed by atoms with van der Waals surface area (Å²) in [6.45, 7) is 5.52. The molecule has 1 atom stereocenters. The smallest absolute Gasteiger partial charge is 0.129 e. The van der Waals surface area contributed by atoms with E-state index < -0.39 is 0 Å². The van der Waals surface area contributed by atoms with Crippen LogP contribution in [0.25, 0.3) is 11.3 Å². The fraction of sp³-hybridized carbons (Fsp3) is 0.357. The Kier molecular flexibility index (Phi) is 3.13. The average molecular weight is 256 g/mol. The van der Waals surface area contributed by atoms with Gasteiger partial charge in [-0.1, -0.05) is 0 Å². The minimum atomic E-state index is 0.109. The maximum absolute atomic E-state index is 5.57. The summed E-state index contributed by atoms with van der Waals surface area (Å²) in [4.78, 5) is 12.9. The molecular weight excluding hydrogens is 240 g/mol. The van der Waals surface area contributed by atoms with Gasteiger partial charge in [-0.25, -0.2) is 9.97 Å². The van der Waals surface area contributed by atoms with Gasteiger partial charge < -0.3 is 10.1 Å².